The Morgan fingerprint density at radius 2 is 1.63 bits per heavy atom. The van der Waals surface area contributed by atoms with Crippen LogP contribution in [0.25, 0.3) is 0 Å². The molecule has 263 valence electrons. The van der Waals surface area contributed by atoms with Crippen LogP contribution in [0.15, 0.2) is 83.5 Å². The molecule has 0 spiro atoms. The van der Waals surface area contributed by atoms with Crippen molar-refractivity contribution >= 4 is 27.2 Å². The molecule has 1 unspecified atom stereocenters. The molecule has 2 aromatic rings. The molecule has 1 radical (unpaired) electrons. The van der Waals surface area contributed by atoms with E-state index in [0.29, 0.717) is 18.8 Å². The van der Waals surface area contributed by atoms with E-state index in [1.165, 1.54) is 64.2 Å². The zero-order valence-corrected chi connectivity index (χ0v) is 34.8. The van der Waals surface area contributed by atoms with Crippen molar-refractivity contribution in [2.24, 2.45) is 5.92 Å². The van der Waals surface area contributed by atoms with Gasteiger partial charge in [0.25, 0.3) is 0 Å². The van der Waals surface area contributed by atoms with E-state index in [2.05, 4.69) is 125 Å². The Morgan fingerprint density at radius 3 is 2.33 bits per heavy atom. The van der Waals surface area contributed by atoms with Crippen molar-refractivity contribution in [2.75, 3.05) is 23.7 Å². The average Bonchev–Trinajstić information content (AvgIpc) is 3.39. The fraction of sp³-hybridized carbons (Fsp3) is 0.548. The van der Waals surface area contributed by atoms with E-state index in [1.54, 1.807) is 0 Å². The molecule has 2 aromatic carbocycles. The van der Waals surface area contributed by atoms with Gasteiger partial charge in [-0.1, -0.05) is 89.6 Å². The van der Waals surface area contributed by atoms with Gasteiger partial charge < -0.3 is 9.45 Å². The summed E-state index contributed by atoms with van der Waals surface area (Å²) in [4.78, 5) is 2.48. The number of unbranched alkanes of at least 4 members (excludes halogenated alkanes) is 3. The Kier molecular flexibility index (Phi) is 13.6. The molecule has 2 aliphatic heterocycles. The largest absolute Gasteiger partial charge is 0.748 e. The molecule has 5 rings (SSSR count). The van der Waals surface area contributed by atoms with Crippen molar-refractivity contribution < 1.29 is 50.3 Å². The van der Waals surface area contributed by atoms with Crippen LogP contribution in [0.2, 0.25) is 0 Å². The first-order valence-electron chi connectivity index (χ1n) is 18.4. The third-order valence-electron chi connectivity index (χ3n) is 11.1. The minimum absolute atomic E-state index is 0. The second-order valence-corrected chi connectivity index (χ2v) is 17.1. The third kappa shape index (κ3) is 8.79. The molecule has 0 fully saturated rings. The van der Waals surface area contributed by atoms with Gasteiger partial charge in [-0.2, -0.15) is 4.58 Å². The van der Waals surface area contributed by atoms with E-state index in [-0.39, 0.29) is 55.3 Å². The zero-order chi connectivity index (χ0) is 34.7. The van der Waals surface area contributed by atoms with E-state index < -0.39 is 10.1 Å². The van der Waals surface area contributed by atoms with Crippen LogP contribution >= 0.6 is 0 Å². The Bertz CT molecular complexity index is 1710. The first kappa shape index (κ1) is 39.9. The number of benzene rings is 2. The summed E-state index contributed by atoms with van der Waals surface area (Å²) < 4.78 is 36.4. The number of fused-ring (bicyclic) bond motifs is 2. The molecule has 0 saturated carbocycles. The summed E-state index contributed by atoms with van der Waals surface area (Å²) in [5, 5.41) is 0. The van der Waals surface area contributed by atoms with E-state index in [4.69, 9.17) is 0 Å². The van der Waals surface area contributed by atoms with Crippen molar-refractivity contribution in [1.82, 2.24) is 0 Å². The van der Waals surface area contributed by atoms with Crippen LogP contribution < -0.4 is 4.90 Å². The summed E-state index contributed by atoms with van der Waals surface area (Å²) in [5.74, 6) is 0.132. The molecule has 0 saturated heterocycles. The van der Waals surface area contributed by atoms with Gasteiger partial charge in [0.1, 0.15) is 6.54 Å². The molecule has 5 nitrogen and oxygen atoms in total. The van der Waals surface area contributed by atoms with Gasteiger partial charge in [0.2, 0.25) is 5.69 Å². The molecule has 2 heterocycles. The molecule has 49 heavy (non-hydrogen) atoms. The smallest absolute Gasteiger partial charge is 0.209 e. The second-order valence-electron chi connectivity index (χ2n) is 15.5. The van der Waals surface area contributed by atoms with Crippen molar-refractivity contribution in [3.05, 3.63) is 94.6 Å². The maximum atomic E-state index is 11.3. The van der Waals surface area contributed by atoms with E-state index in [0.717, 1.165) is 38.8 Å². The van der Waals surface area contributed by atoms with Gasteiger partial charge in [-0.15, -0.1) is 0 Å². The number of hydrogen-bond acceptors (Lipinski definition) is 4. The zero-order valence-electron chi connectivity index (χ0n) is 31.1. The molecule has 3 aliphatic rings. The molecule has 0 N–H and O–H groups in total. The van der Waals surface area contributed by atoms with Crippen LogP contribution in [-0.2, 0) is 53.7 Å². The Morgan fingerprint density at radius 1 is 0.939 bits per heavy atom. The summed E-state index contributed by atoms with van der Waals surface area (Å²) in [6, 6.07) is 17.9. The van der Waals surface area contributed by atoms with Crippen molar-refractivity contribution in [2.45, 2.75) is 123 Å². The van der Waals surface area contributed by atoms with Crippen LogP contribution in [0.4, 0.5) is 11.4 Å². The van der Waals surface area contributed by atoms with Crippen LogP contribution in [0, 0.1) is 5.92 Å². The standard InChI is InChI=1S/C42H58N2O3S.Y/c1-8-9-14-28-43-36-22-12-10-20-34(36)41(4,5)38(43)26-24-32-18-17-19-33(40(32)31(2)3)25-27-39-42(6,7)35-21-11-13-23-37(35)44(39)29-15-16-30-48(45,46)47;/h10-13,20-26,31,39H,8-9,14-19,27-30H2,1-7H3;/b26-24+,33-25+;. The summed E-state index contributed by atoms with van der Waals surface area (Å²) in [6.45, 7) is 18.2. The number of nitrogens with zero attached hydrogens (tertiary/aromatic N) is 2. The van der Waals surface area contributed by atoms with Crippen molar-refractivity contribution in [1.29, 1.82) is 0 Å². The summed E-state index contributed by atoms with van der Waals surface area (Å²) in [7, 11) is -4.19. The molecule has 0 amide bonds. The summed E-state index contributed by atoms with van der Waals surface area (Å²) >= 11 is 0. The Balaban J connectivity index is 0.00000541. The number of rotatable bonds is 14. The molecular formula is C42H58N2O3SY. The average molecular weight is 760 g/mol. The van der Waals surface area contributed by atoms with Gasteiger partial charge in [0, 0.05) is 86.3 Å². The Labute approximate surface area is 322 Å². The maximum absolute atomic E-state index is 11.3. The van der Waals surface area contributed by atoms with Crippen molar-refractivity contribution in [3.63, 3.8) is 0 Å². The minimum atomic E-state index is -4.19. The van der Waals surface area contributed by atoms with Crippen LogP contribution in [0.5, 0.6) is 0 Å². The fourth-order valence-electron chi connectivity index (χ4n) is 8.67. The van der Waals surface area contributed by atoms with E-state index >= 15 is 0 Å². The summed E-state index contributed by atoms with van der Waals surface area (Å²) in [6.07, 6.45) is 16.4. The first-order chi connectivity index (χ1) is 22.8. The van der Waals surface area contributed by atoms with Crippen molar-refractivity contribution in [3.8, 4) is 0 Å². The monoisotopic (exact) mass is 759 g/mol. The number of para-hydroxylation sites is 2. The second kappa shape index (κ2) is 16.7. The first-order valence-corrected chi connectivity index (χ1v) is 20.0. The molecule has 1 aliphatic carbocycles. The predicted molar refractivity (Wildman–Crippen MR) is 201 cm³/mol. The minimum Gasteiger partial charge on any atom is -0.748 e. The number of allylic oxidation sites excluding steroid dienone is 5. The van der Waals surface area contributed by atoms with Crippen LogP contribution in [-0.4, -0.2) is 48.1 Å². The van der Waals surface area contributed by atoms with Gasteiger partial charge in [-0.25, -0.2) is 8.42 Å². The van der Waals surface area contributed by atoms with Crippen LogP contribution in [0.3, 0.4) is 0 Å². The van der Waals surface area contributed by atoms with Gasteiger partial charge in [-0.05, 0) is 93.1 Å². The molecule has 0 bridgehead atoms. The molecule has 1 atom stereocenters. The topological polar surface area (TPSA) is 63.5 Å². The molecular weight excluding hydrogens is 701 g/mol. The van der Waals surface area contributed by atoms with E-state index in [1.807, 2.05) is 0 Å². The number of hydrogen-bond donors (Lipinski definition) is 0. The quantitative estimate of drug-likeness (QED) is 0.109. The van der Waals surface area contributed by atoms with Gasteiger partial charge in [0.05, 0.1) is 15.5 Å². The maximum Gasteiger partial charge on any atom is 0.209 e. The fourth-order valence-corrected chi connectivity index (χ4v) is 9.23. The molecule has 7 heteroatoms. The normalized spacial score (nSPS) is 20.8. The molecule has 0 aromatic heterocycles. The van der Waals surface area contributed by atoms with E-state index in [9.17, 15) is 13.0 Å². The Hall–Kier alpha value is -1.86. The SMILES string of the molecule is CCCCC[N+]1=C(/C=C/C2=C(C(C)C)C(=C/CC3N(CCCCS(=O)(=O)[O-])c4ccccc4C3(C)C)/CCC2)C(C)(C)c2ccccc21.[Y]. The van der Waals surface area contributed by atoms with Gasteiger partial charge in [0.15, 0.2) is 5.71 Å². The number of anilines is 1. The third-order valence-corrected chi connectivity index (χ3v) is 11.9. The van der Waals surface area contributed by atoms with Gasteiger partial charge >= 0.3 is 0 Å². The van der Waals surface area contributed by atoms with Gasteiger partial charge in [-0.3, -0.25) is 0 Å². The predicted octanol–water partition coefficient (Wildman–Crippen LogP) is 9.75. The van der Waals surface area contributed by atoms with Crippen LogP contribution in [0.1, 0.15) is 117 Å². The summed E-state index contributed by atoms with van der Waals surface area (Å²) in [5.41, 5.74) is 11.1.